The van der Waals surface area contributed by atoms with E-state index < -0.39 is 11.8 Å². The van der Waals surface area contributed by atoms with Gasteiger partial charge in [-0.3, -0.25) is 4.79 Å². The van der Waals surface area contributed by atoms with E-state index in [0.29, 0.717) is 18.6 Å². The third-order valence-electron chi connectivity index (χ3n) is 3.97. The van der Waals surface area contributed by atoms with E-state index in [-0.39, 0.29) is 31.4 Å². The van der Waals surface area contributed by atoms with E-state index in [1.165, 1.54) is 0 Å². The van der Waals surface area contributed by atoms with Gasteiger partial charge in [0.1, 0.15) is 17.6 Å². The zero-order valence-corrected chi connectivity index (χ0v) is 13.5. The van der Waals surface area contributed by atoms with Crippen molar-refractivity contribution in [2.75, 3.05) is 13.7 Å². The number of alkyl halides is 2. The Kier molecular flexibility index (Phi) is 5.80. The molecule has 2 rings (SSSR count). The second-order valence-corrected chi connectivity index (χ2v) is 6.00. The smallest absolute Gasteiger partial charge is 0.248 e. The Labute approximate surface area is 135 Å². The molecule has 1 N–H and O–H groups in total. The molecule has 4 nitrogen and oxygen atoms in total. The quantitative estimate of drug-likeness (QED) is 0.871. The number of hydrogen-bond donors (Lipinski definition) is 1. The highest BCUT2D eigenvalue weighted by atomic mass is 19.3. The molecular weight excluding hydrogens is 304 g/mol. The number of nitrogens with one attached hydrogen (secondary N) is 1. The van der Waals surface area contributed by atoms with Crippen molar-refractivity contribution in [3.8, 4) is 11.5 Å². The van der Waals surface area contributed by atoms with Crippen molar-refractivity contribution in [1.29, 1.82) is 0 Å². The summed E-state index contributed by atoms with van der Waals surface area (Å²) >= 11 is 0. The zero-order chi connectivity index (χ0) is 16.9. The maximum atomic E-state index is 13.3. The maximum absolute atomic E-state index is 13.3. The summed E-state index contributed by atoms with van der Waals surface area (Å²) in [5.74, 6) is -2.24. The van der Waals surface area contributed by atoms with Gasteiger partial charge < -0.3 is 14.8 Å². The largest absolute Gasteiger partial charge is 0.497 e. The molecule has 1 aromatic rings. The molecule has 2 atom stereocenters. The Morgan fingerprint density at radius 3 is 2.61 bits per heavy atom. The third-order valence-corrected chi connectivity index (χ3v) is 3.97. The molecule has 0 unspecified atom stereocenters. The third kappa shape index (κ3) is 5.37. The molecule has 23 heavy (non-hydrogen) atoms. The molecule has 0 spiro atoms. The van der Waals surface area contributed by atoms with Crippen LogP contribution in [0.2, 0.25) is 0 Å². The van der Waals surface area contributed by atoms with Gasteiger partial charge in [-0.2, -0.15) is 0 Å². The monoisotopic (exact) mass is 327 g/mol. The lowest BCUT2D eigenvalue weighted by atomic mass is 9.86. The van der Waals surface area contributed by atoms with Crippen molar-refractivity contribution in [2.45, 2.75) is 44.6 Å². The highest BCUT2D eigenvalue weighted by Gasteiger charge is 2.39. The fraction of sp³-hybridized carbons (Fsp3) is 0.588. The Hall–Kier alpha value is -1.85. The SMILES string of the molecule is COc1ccc(O[C@H](C)CNC(=O)[C@H]2CCCC(F)(F)C2)cc1. The molecular formula is C17H23F2NO3. The van der Waals surface area contributed by atoms with Crippen LogP contribution >= 0.6 is 0 Å². The van der Waals surface area contributed by atoms with Crippen LogP contribution in [0, 0.1) is 5.92 Å². The van der Waals surface area contributed by atoms with Crippen LogP contribution in [0.4, 0.5) is 8.78 Å². The minimum absolute atomic E-state index is 0.117. The summed E-state index contributed by atoms with van der Waals surface area (Å²) < 4.78 is 37.4. The molecule has 0 bridgehead atoms. The van der Waals surface area contributed by atoms with E-state index in [9.17, 15) is 13.6 Å². The number of benzene rings is 1. The average molecular weight is 327 g/mol. The summed E-state index contributed by atoms with van der Waals surface area (Å²) in [5.41, 5.74) is 0. The van der Waals surface area contributed by atoms with Crippen molar-refractivity contribution >= 4 is 5.91 Å². The number of methoxy groups -OCH3 is 1. The number of carbonyl (C=O) groups excluding carboxylic acids is 1. The zero-order valence-electron chi connectivity index (χ0n) is 13.5. The summed E-state index contributed by atoms with van der Waals surface area (Å²) in [6.45, 7) is 2.10. The second-order valence-electron chi connectivity index (χ2n) is 6.00. The Bertz CT molecular complexity index is 519. The molecule has 1 saturated carbocycles. The molecule has 1 aliphatic rings. The van der Waals surface area contributed by atoms with Crippen molar-refractivity contribution in [3.05, 3.63) is 24.3 Å². The normalized spacial score (nSPS) is 21.3. The van der Waals surface area contributed by atoms with Crippen molar-refractivity contribution in [2.24, 2.45) is 5.92 Å². The minimum atomic E-state index is -2.72. The van der Waals surface area contributed by atoms with Gasteiger partial charge in [0.05, 0.1) is 13.7 Å². The van der Waals surface area contributed by atoms with Gasteiger partial charge in [-0.05, 0) is 44.0 Å². The minimum Gasteiger partial charge on any atom is -0.497 e. The van der Waals surface area contributed by atoms with Crippen molar-refractivity contribution < 1.29 is 23.0 Å². The van der Waals surface area contributed by atoms with Crippen LogP contribution in [0.15, 0.2) is 24.3 Å². The molecule has 1 fully saturated rings. The van der Waals surface area contributed by atoms with Crippen LogP contribution in [0.1, 0.15) is 32.6 Å². The summed E-state index contributed by atoms with van der Waals surface area (Å²) in [7, 11) is 1.59. The lowest BCUT2D eigenvalue weighted by Gasteiger charge is -2.28. The predicted molar refractivity (Wildman–Crippen MR) is 83.0 cm³/mol. The number of amides is 1. The summed E-state index contributed by atoms with van der Waals surface area (Å²) in [5, 5.41) is 2.71. The van der Waals surface area contributed by atoms with E-state index >= 15 is 0 Å². The second kappa shape index (κ2) is 7.62. The van der Waals surface area contributed by atoms with Crippen LogP contribution in [0.5, 0.6) is 11.5 Å². The van der Waals surface area contributed by atoms with Crippen LogP contribution in [-0.2, 0) is 4.79 Å². The maximum Gasteiger partial charge on any atom is 0.248 e. The topological polar surface area (TPSA) is 47.6 Å². The van der Waals surface area contributed by atoms with Gasteiger partial charge in [0, 0.05) is 18.8 Å². The van der Waals surface area contributed by atoms with Gasteiger partial charge in [0.25, 0.3) is 0 Å². The van der Waals surface area contributed by atoms with Crippen molar-refractivity contribution in [3.63, 3.8) is 0 Å². The van der Waals surface area contributed by atoms with E-state index in [1.54, 1.807) is 31.4 Å². The number of ether oxygens (including phenoxy) is 2. The first kappa shape index (κ1) is 17.5. The van der Waals surface area contributed by atoms with Gasteiger partial charge >= 0.3 is 0 Å². The first-order valence-electron chi connectivity index (χ1n) is 7.86. The van der Waals surface area contributed by atoms with E-state index in [0.717, 1.165) is 5.75 Å². The van der Waals surface area contributed by atoms with Crippen LogP contribution < -0.4 is 14.8 Å². The summed E-state index contributed by atoms with van der Waals surface area (Å²) in [6.07, 6.45) is 0.190. The van der Waals surface area contributed by atoms with Crippen LogP contribution in [-0.4, -0.2) is 31.6 Å². The average Bonchev–Trinajstić information content (AvgIpc) is 2.52. The molecule has 0 radical (unpaired) electrons. The predicted octanol–water partition coefficient (Wildman–Crippen LogP) is 3.40. The summed E-state index contributed by atoms with van der Waals surface area (Å²) in [4.78, 5) is 12.0. The fourth-order valence-corrected chi connectivity index (χ4v) is 2.71. The Morgan fingerprint density at radius 1 is 1.35 bits per heavy atom. The van der Waals surface area contributed by atoms with Gasteiger partial charge in [-0.1, -0.05) is 0 Å². The molecule has 1 amide bonds. The van der Waals surface area contributed by atoms with E-state index in [2.05, 4.69) is 5.32 Å². The van der Waals surface area contributed by atoms with Crippen LogP contribution in [0.3, 0.4) is 0 Å². The number of carbonyl (C=O) groups is 1. The molecule has 0 aliphatic heterocycles. The van der Waals surface area contributed by atoms with E-state index in [4.69, 9.17) is 9.47 Å². The lowest BCUT2D eigenvalue weighted by Crippen LogP contribution is -2.40. The Morgan fingerprint density at radius 2 is 2.00 bits per heavy atom. The standard InChI is InChI=1S/C17H23F2NO3/c1-12(23-15-7-5-14(22-2)6-8-15)11-20-16(21)13-4-3-9-17(18,19)10-13/h5-8,12-13H,3-4,9-11H2,1-2H3,(H,20,21)/t12-,13+/m1/s1. The number of rotatable bonds is 6. The molecule has 0 saturated heterocycles. The molecule has 1 aliphatic carbocycles. The highest BCUT2D eigenvalue weighted by Crippen LogP contribution is 2.36. The number of hydrogen-bond acceptors (Lipinski definition) is 3. The van der Waals surface area contributed by atoms with E-state index in [1.807, 2.05) is 6.92 Å². The van der Waals surface area contributed by atoms with Crippen LogP contribution in [0.25, 0.3) is 0 Å². The first-order valence-corrected chi connectivity index (χ1v) is 7.86. The molecule has 128 valence electrons. The summed E-state index contributed by atoms with van der Waals surface area (Å²) in [6, 6.07) is 7.12. The van der Waals surface area contributed by atoms with Crippen molar-refractivity contribution in [1.82, 2.24) is 5.32 Å². The molecule has 1 aromatic carbocycles. The fourth-order valence-electron chi connectivity index (χ4n) is 2.71. The first-order chi connectivity index (χ1) is 10.9. The molecule has 0 heterocycles. The van der Waals surface area contributed by atoms with Gasteiger partial charge in [0.15, 0.2) is 0 Å². The number of halogens is 2. The van der Waals surface area contributed by atoms with Gasteiger partial charge in [-0.15, -0.1) is 0 Å². The molecule has 0 aromatic heterocycles. The van der Waals surface area contributed by atoms with Gasteiger partial charge in [0.2, 0.25) is 11.8 Å². The van der Waals surface area contributed by atoms with Gasteiger partial charge in [-0.25, -0.2) is 8.78 Å². The Balaban J connectivity index is 1.76. The highest BCUT2D eigenvalue weighted by molar-refractivity contribution is 5.78. The molecule has 6 heteroatoms. The lowest BCUT2D eigenvalue weighted by molar-refractivity contribution is -0.132.